The van der Waals surface area contributed by atoms with Crippen molar-refractivity contribution < 1.29 is 14.6 Å². The largest absolute Gasteiger partial charge is 0.494 e. The van der Waals surface area contributed by atoms with E-state index in [2.05, 4.69) is 27.1 Å². The van der Waals surface area contributed by atoms with E-state index in [1.807, 2.05) is 31.5 Å². The van der Waals surface area contributed by atoms with Crippen molar-refractivity contribution in [1.82, 2.24) is 15.3 Å². The first kappa shape index (κ1) is 24.0. The molecule has 0 bridgehead atoms. The number of aliphatic hydroxyl groups excluding tert-OH is 1. The molecule has 1 amide bonds. The zero-order valence-corrected chi connectivity index (χ0v) is 19.5. The number of hydrogen-bond acceptors (Lipinski definition) is 6. The lowest BCUT2D eigenvalue weighted by molar-refractivity contribution is 0.0921. The van der Waals surface area contributed by atoms with E-state index in [0.717, 1.165) is 62.5 Å². The highest BCUT2D eigenvalue weighted by molar-refractivity contribution is 5.95. The summed E-state index contributed by atoms with van der Waals surface area (Å²) in [6.45, 7) is 8.40. The van der Waals surface area contributed by atoms with Gasteiger partial charge in [-0.05, 0) is 81.2 Å². The summed E-state index contributed by atoms with van der Waals surface area (Å²) in [5.41, 5.74) is 2.65. The minimum Gasteiger partial charge on any atom is -0.494 e. The molecule has 0 unspecified atom stereocenters. The number of benzene rings is 1. The topological polar surface area (TPSA) is 87.6 Å². The van der Waals surface area contributed by atoms with E-state index < -0.39 is 0 Å². The highest BCUT2D eigenvalue weighted by Crippen LogP contribution is 2.25. The van der Waals surface area contributed by atoms with Crippen molar-refractivity contribution in [2.24, 2.45) is 5.92 Å². The second kappa shape index (κ2) is 11.8. The number of anilines is 1. The molecule has 1 aromatic heterocycles. The van der Waals surface area contributed by atoms with Gasteiger partial charge in [-0.2, -0.15) is 0 Å². The SMILES string of the molecule is CCc1cnc(N2CCC(CCCOc3ccc(C(=O)N[C@H](C)CO)c(C)c3)CC2)nc1. The van der Waals surface area contributed by atoms with Crippen LogP contribution < -0.4 is 15.0 Å². The number of carbonyl (C=O) groups excluding carboxylic acids is 1. The number of carbonyl (C=O) groups is 1. The average Bonchev–Trinajstić information content (AvgIpc) is 2.82. The molecule has 2 N–H and O–H groups in total. The lowest BCUT2D eigenvalue weighted by Crippen LogP contribution is -2.35. The van der Waals surface area contributed by atoms with Gasteiger partial charge in [0.2, 0.25) is 5.95 Å². The summed E-state index contributed by atoms with van der Waals surface area (Å²) in [7, 11) is 0. The third-order valence-electron chi connectivity index (χ3n) is 6.12. The van der Waals surface area contributed by atoms with Gasteiger partial charge >= 0.3 is 0 Å². The first-order valence-corrected chi connectivity index (χ1v) is 11.7. The number of piperidine rings is 1. The Morgan fingerprint density at radius 2 is 2.00 bits per heavy atom. The number of aryl methyl sites for hydroxylation is 2. The zero-order valence-electron chi connectivity index (χ0n) is 19.5. The van der Waals surface area contributed by atoms with Crippen molar-refractivity contribution >= 4 is 11.9 Å². The highest BCUT2D eigenvalue weighted by atomic mass is 16.5. The number of rotatable bonds is 10. The molecule has 0 aliphatic carbocycles. The van der Waals surface area contributed by atoms with Gasteiger partial charge in [0.25, 0.3) is 5.91 Å². The fourth-order valence-corrected chi connectivity index (χ4v) is 4.01. The Balaban J connectivity index is 1.37. The minimum atomic E-state index is -0.265. The monoisotopic (exact) mass is 440 g/mol. The maximum absolute atomic E-state index is 12.2. The molecule has 3 rings (SSSR count). The molecule has 32 heavy (non-hydrogen) atoms. The van der Waals surface area contributed by atoms with Crippen molar-refractivity contribution in [1.29, 1.82) is 0 Å². The van der Waals surface area contributed by atoms with E-state index in [4.69, 9.17) is 9.84 Å². The zero-order chi connectivity index (χ0) is 22.9. The fourth-order valence-electron chi connectivity index (χ4n) is 4.01. The lowest BCUT2D eigenvalue weighted by atomic mass is 9.92. The Bertz CT molecular complexity index is 864. The molecule has 1 saturated heterocycles. The molecule has 0 saturated carbocycles. The summed E-state index contributed by atoms with van der Waals surface area (Å²) < 4.78 is 5.93. The molecule has 1 fully saturated rings. The Hall–Kier alpha value is -2.67. The molecule has 1 atom stereocenters. The second-order valence-corrected chi connectivity index (χ2v) is 8.70. The normalized spacial score (nSPS) is 15.4. The smallest absolute Gasteiger partial charge is 0.251 e. The van der Waals surface area contributed by atoms with Crippen LogP contribution in [0.4, 0.5) is 5.95 Å². The van der Waals surface area contributed by atoms with Crippen LogP contribution in [0.25, 0.3) is 0 Å². The number of nitrogens with zero attached hydrogens (tertiary/aromatic N) is 3. The molecule has 2 aromatic rings. The van der Waals surface area contributed by atoms with Gasteiger partial charge in [0.1, 0.15) is 5.75 Å². The van der Waals surface area contributed by atoms with Crippen LogP contribution in [-0.4, -0.2) is 53.3 Å². The Morgan fingerprint density at radius 1 is 1.28 bits per heavy atom. The third kappa shape index (κ3) is 6.66. The van der Waals surface area contributed by atoms with E-state index in [1.165, 1.54) is 5.56 Å². The van der Waals surface area contributed by atoms with Gasteiger partial charge < -0.3 is 20.1 Å². The number of hydrogen-bond donors (Lipinski definition) is 2. The summed E-state index contributed by atoms with van der Waals surface area (Å²) in [4.78, 5) is 23.6. The van der Waals surface area contributed by atoms with Crippen LogP contribution in [0.5, 0.6) is 5.75 Å². The second-order valence-electron chi connectivity index (χ2n) is 8.70. The molecule has 174 valence electrons. The van der Waals surface area contributed by atoms with Crippen LogP contribution >= 0.6 is 0 Å². The fraction of sp³-hybridized carbons (Fsp3) is 0.560. The first-order valence-electron chi connectivity index (χ1n) is 11.7. The quantitative estimate of drug-likeness (QED) is 0.550. The van der Waals surface area contributed by atoms with Gasteiger partial charge in [-0.15, -0.1) is 0 Å². The maximum atomic E-state index is 12.2. The minimum absolute atomic E-state index is 0.0785. The maximum Gasteiger partial charge on any atom is 0.251 e. The molecule has 0 spiro atoms. The van der Waals surface area contributed by atoms with Gasteiger partial charge in [0, 0.05) is 37.1 Å². The summed E-state index contributed by atoms with van der Waals surface area (Å²) in [5.74, 6) is 2.18. The molecule has 7 heteroatoms. The van der Waals surface area contributed by atoms with Gasteiger partial charge in [-0.1, -0.05) is 6.92 Å². The molecule has 0 radical (unpaired) electrons. The van der Waals surface area contributed by atoms with Gasteiger partial charge in [0.15, 0.2) is 0 Å². The molecule has 1 aliphatic rings. The molecular formula is C25H36N4O3. The average molecular weight is 441 g/mol. The number of ether oxygens (including phenoxy) is 1. The van der Waals surface area contributed by atoms with Gasteiger partial charge in [0.05, 0.1) is 13.2 Å². The van der Waals surface area contributed by atoms with Crippen LogP contribution in [0.3, 0.4) is 0 Å². The predicted octanol–water partition coefficient (Wildman–Crippen LogP) is 3.53. The van der Waals surface area contributed by atoms with E-state index in [1.54, 1.807) is 13.0 Å². The van der Waals surface area contributed by atoms with Crippen molar-refractivity contribution in [2.45, 2.75) is 58.9 Å². The Labute approximate surface area is 191 Å². The third-order valence-corrected chi connectivity index (χ3v) is 6.12. The molecule has 1 aliphatic heterocycles. The van der Waals surface area contributed by atoms with Gasteiger partial charge in [-0.25, -0.2) is 9.97 Å². The van der Waals surface area contributed by atoms with Crippen LogP contribution in [0, 0.1) is 12.8 Å². The number of amides is 1. The standard InChI is InChI=1S/C25H36N4O3/c1-4-20-15-26-25(27-16-20)29-11-9-21(10-12-29)6-5-13-32-22-7-8-23(18(2)14-22)24(31)28-19(3)17-30/h7-8,14-16,19,21,30H,4-6,9-13,17H2,1-3H3,(H,28,31)/t19-/m1/s1. The van der Waals surface area contributed by atoms with Crippen molar-refractivity contribution in [3.05, 3.63) is 47.3 Å². The van der Waals surface area contributed by atoms with Crippen LogP contribution in [0.15, 0.2) is 30.6 Å². The summed E-state index contributed by atoms with van der Waals surface area (Å²) in [5, 5.41) is 11.9. The first-order chi connectivity index (χ1) is 15.5. The summed E-state index contributed by atoms with van der Waals surface area (Å²) in [6, 6.07) is 5.27. The van der Waals surface area contributed by atoms with Crippen molar-refractivity contribution in [3.8, 4) is 5.75 Å². The molecule has 2 heterocycles. The summed E-state index contributed by atoms with van der Waals surface area (Å²) in [6.07, 6.45) is 9.32. The van der Waals surface area contributed by atoms with Crippen LogP contribution in [0.2, 0.25) is 0 Å². The van der Waals surface area contributed by atoms with Crippen molar-refractivity contribution in [2.75, 3.05) is 31.2 Å². The summed E-state index contributed by atoms with van der Waals surface area (Å²) >= 11 is 0. The lowest BCUT2D eigenvalue weighted by Gasteiger charge is -2.32. The Kier molecular flexibility index (Phi) is 8.85. The van der Waals surface area contributed by atoms with Crippen LogP contribution in [0.1, 0.15) is 61.0 Å². The van der Waals surface area contributed by atoms with E-state index in [-0.39, 0.29) is 18.6 Å². The van der Waals surface area contributed by atoms with Crippen LogP contribution in [-0.2, 0) is 6.42 Å². The Morgan fingerprint density at radius 3 is 2.62 bits per heavy atom. The number of nitrogens with one attached hydrogen (secondary N) is 1. The molecular weight excluding hydrogens is 404 g/mol. The van der Waals surface area contributed by atoms with E-state index in [0.29, 0.717) is 18.1 Å². The number of aliphatic hydroxyl groups is 1. The van der Waals surface area contributed by atoms with Crippen molar-refractivity contribution in [3.63, 3.8) is 0 Å². The van der Waals surface area contributed by atoms with Gasteiger partial charge in [-0.3, -0.25) is 4.79 Å². The highest BCUT2D eigenvalue weighted by Gasteiger charge is 2.20. The van der Waals surface area contributed by atoms with E-state index in [9.17, 15) is 4.79 Å². The van der Waals surface area contributed by atoms with E-state index >= 15 is 0 Å². The number of aromatic nitrogens is 2. The molecule has 1 aromatic carbocycles. The predicted molar refractivity (Wildman–Crippen MR) is 126 cm³/mol. The molecule has 7 nitrogen and oxygen atoms in total.